The standard InChI is InChI=1S/C19H20N2O4/c1-24-16-9-7-14(17(11-16)25-2)8-10-18(22)21-12-13-3-5-15(6-4-13)19(20)23/h3-11H,12H2,1-2H3,(H2,20,23)(H,21,22)/b10-8+. The summed E-state index contributed by atoms with van der Waals surface area (Å²) in [5.74, 6) is 0.576. The van der Waals surface area contributed by atoms with Crippen molar-refractivity contribution in [2.24, 2.45) is 5.73 Å². The summed E-state index contributed by atoms with van der Waals surface area (Å²) in [7, 11) is 3.13. The highest BCUT2D eigenvalue weighted by molar-refractivity contribution is 5.93. The van der Waals surface area contributed by atoms with Crippen molar-refractivity contribution in [3.05, 3.63) is 65.2 Å². The van der Waals surface area contributed by atoms with E-state index in [0.717, 1.165) is 11.1 Å². The van der Waals surface area contributed by atoms with Gasteiger partial charge in [0.1, 0.15) is 11.5 Å². The second-order valence-electron chi connectivity index (χ2n) is 5.22. The van der Waals surface area contributed by atoms with E-state index in [2.05, 4.69) is 5.32 Å². The molecule has 2 aromatic carbocycles. The predicted molar refractivity (Wildman–Crippen MR) is 95.4 cm³/mol. The first kappa shape index (κ1) is 18.1. The molecule has 0 fully saturated rings. The van der Waals surface area contributed by atoms with Gasteiger partial charge >= 0.3 is 0 Å². The van der Waals surface area contributed by atoms with Gasteiger partial charge in [-0.25, -0.2) is 0 Å². The van der Waals surface area contributed by atoms with Gasteiger partial charge in [-0.3, -0.25) is 9.59 Å². The van der Waals surface area contributed by atoms with Crippen molar-refractivity contribution in [3.63, 3.8) is 0 Å². The minimum absolute atomic E-state index is 0.239. The molecule has 25 heavy (non-hydrogen) atoms. The van der Waals surface area contributed by atoms with E-state index < -0.39 is 5.91 Å². The van der Waals surface area contributed by atoms with Crippen molar-refractivity contribution in [1.82, 2.24) is 5.32 Å². The van der Waals surface area contributed by atoms with Crippen molar-refractivity contribution < 1.29 is 19.1 Å². The Morgan fingerprint density at radius 1 is 1.08 bits per heavy atom. The number of hydrogen-bond acceptors (Lipinski definition) is 4. The summed E-state index contributed by atoms with van der Waals surface area (Å²) < 4.78 is 10.4. The molecule has 6 heteroatoms. The molecule has 130 valence electrons. The third-order valence-electron chi connectivity index (χ3n) is 3.56. The molecule has 0 aromatic heterocycles. The second-order valence-corrected chi connectivity index (χ2v) is 5.22. The maximum absolute atomic E-state index is 12.0. The molecule has 2 rings (SSSR count). The average Bonchev–Trinajstić information content (AvgIpc) is 2.64. The van der Waals surface area contributed by atoms with Gasteiger partial charge in [-0.15, -0.1) is 0 Å². The zero-order valence-electron chi connectivity index (χ0n) is 14.1. The van der Waals surface area contributed by atoms with E-state index in [-0.39, 0.29) is 5.91 Å². The Bertz CT molecular complexity index is 783. The minimum Gasteiger partial charge on any atom is -0.497 e. The van der Waals surface area contributed by atoms with Crippen LogP contribution >= 0.6 is 0 Å². The SMILES string of the molecule is COc1ccc(/C=C/C(=O)NCc2ccc(C(N)=O)cc2)c(OC)c1. The Labute approximate surface area is 146 Å². The van der Waals surface area contributed by atoms with Crippen LogP contribution in [0.1, 0.15) is 21.5 Å². The normalized spacial score (nSPS) is 10.5. The number of primary amides is 1. The maximum Gasteiger partial charge on any atom is 0.248 e. The molecule has 0 unspecified atom stereocenters. The van der Waals surface area contributed by atoms with E-state index in [4.69, 9.17) is 15.2 Å². The van der Waals surface area contributed by atoms with Crippen LogP contribution in [0, 0.1) is 0 Å². The molecule has 0 bridgehead atoms. The fourth-order valence-corrected chi connectivity index (χ4v) is 2.16. The molecule has 2 aromatic rings. The summed E-state index contributed by atoms with van der Waals surface area (Å²) >= 11 is 0. The number of hydrogen-bond donors (Lipinski definition) is 2. The predicted octanol–water partition coefficient (Wildman–Crippen LogP) is 2.13. The van der Waals surface area contributed by atoms with Crippen LogP contribution in [0.2, 0.25) is 0 Å². The number of ether oxygens (including phenoxy) is 2. The molecule has 0 atom stereocenters. The van der Waals surface area contributed by atoms with Gasteiger partial charge in [0.25, 0.3) is 0 Å². The largest absolute Gasteiger partial charge is 0.497 e. The van der Waals surface area contributed by atoms with E-state index in [9.17, 15) is 9.59 Å². The first-order valence-electron chi connectivity index (χ1n) is 7.60. The van der Waals surface area contributed by atoms with Gasteiger partial charge in [0.15, 0.2) is 0 Å². The van der Waals surface area contributed by atoms with Crippen LogP contribution in [0.25, 0.3) is 6.08 Å². The number of amides is 2. The Morgan fingerprint density at radius 3 is 2.40 bits per heavy atom. The van der Waals surface area contributed by atoms with E-state index in [1.54, 1.807) is 56.7 Å². The second kappa shape index (κ2) is 8.54. The highest BCUT2D eigenvalue weighted by Gasteiger charge is 2.04. The molecule has 2 amide bonds. The number of benzene rings is 2. The lowest BCUT2D eigenvalue weighted by atomic mass is 10.1. The first-order chi connectivity index (χ1) is 12.0. The molecule has 0 aliphatic rings. The molecule has 6 nitrogen and oxygen atoms in total. The van der Waals surface area contributed by atoms with E-state index >= 15 is 0 Å². The topological polar surface area (TPSA) is 90.6 Å². The lowest BCUT2D eigenvalue weighted by Crippen LogP contribution is -2.20. The van der Waals surface area contributed by atoms with Crippen LogP contribution in [0.5, 0.6) is 11.5 Å². The van der Waals surface area contributed by atoms with E-state index in [1.807, 2.05) is 6.07 Å². The molecule has 0 heterocycles. The number of carbonyl (C=O) groups excluding carboxylic acids is 2. The van der Waals surface area contributed by atoms with Gasteiger partial charge in [-0.2, -0.15) is 0 Å². The summed E-state index contributed by atoms with van der Waals surface area (Å²) in [6.07, 6.45) is 3.10. The minimum atomic E-state index is -0.480. The van der Waals surface area contributed by atoms with Gasteiger partial charge in [-0.05, 0) is 35.9 Å². The van der Waals surface area contributed by atoms with Crippen molar-refractivity contribution in [2.75, 3.05) is 14.2 Å². The van der Waals surface area contributed by atoms with Gasteiger partial charge in [0.05, 0.1) is 14.2 Å². The average molecular weight is 340 g/mol. The molecule has 0 saturated carbocycles. The number of methoxy groups -OCH3 is 2. The molecular weight excluding hydrogens is 320 g/mol. The van der Waals surface area contributed by atoms with Crippen LogP contribution in [0.3, 0.4) is 0 Å². The van der Waals surface area contributed by atoms with Gasteiger partial charge < -0.3 is 20.5 Å². The van der Waals surface area contributed by atoms with Crippen LogP contribution in [0.4, 0.5) is 0 Å². The summed E-state index contributed by atoms with van der Waals surface area (Å²) in [5, 5.41) is 2.77. The molecule has 0 spiro atoms. The number of nitrogens with two attached hydrogens (primary N) is 1. The molecule has 0 aliphatic carbocycles. The summed E-state index contributed by atoms with van der Waals surface area (Å²) in [6.45, 7) is 0.349. The Balaban J connectivity index is 1.95. The van der Waals surface area contributed by atoms with Crippen LogP contribution in [-0.4, -0.2) is 26.0 Å². The maximum atomic E-state index is 12.0. The lowest BCUT2D eigenvalue weighted by molar-refractivity contribution is -0.116. The molecule has 0 aliphatic heterocycles. The zero-order valence-corrected chi connectivity index (χ0v) is 14.1. The van der Waals surface area contributed by atoms with Crippen molar-refractivity contribution in [3.8, 4) is 11.5 Å². The summed E-state index contributed by atoms with van der Waals surface area (Å²) in [6, 6.07) is 12.1. The van der Waals surface area contributed by atoms with E-state index in [0.29, 0.717) is 23.6 Å². The smallest absolute Gasteiger partial charge is 0.248 e. The van der Waals surface area contributed by atoms with Crippen LogP contribution in [0.15, 0.2) is 48.5 Å². The first-order valence-corrected chi connectivity index (χ1v) is 7.60. The van der Waals surface area contributed by atoms with Crippen molar-refractivity contribution in [2.45, 2.75) is 6.54 Å². The van der Waals surface area contributed by atoms with Crippen molar-refractivity contribution in [1.29, 1.82) is 0 Å². The highest BCUT2D eigenvalue weighted by atomic mass is 16.5. The number of rotatable bonds is 7. The number of carbonyl (C=O) groups is 2. The Kier molecular flexibility index (Phi) is 6.17. The third kappa shape index (κ3) is 5.10. The van der Waals surface area contributed by atoms with Gasteiger partial charge in [0, 0.05) is 29.8 Å². The summed E-state index contributed by atoms with van der Waals surface area (Å²) in [4.78, 5) is 23.0. The monoisotopic (exact) mass is 340 g/mol. The third-order valence-corrected chi connectivity index (χ3v) is 3.56. The van der Waals surface area contributed by atoms with Gasteiger partial charge in [0.2, 0.25) is 11.8 Å². The Hall–Kier alpha value is -3.28. The number of nitrogens with one attached hydrogen (secondary N) is 1. The summed E-state index contributed by atoms with van der Waals surface area (Å²) in [5.41, 5.74) is 7.26. The van der Waals surface area contributed by atoms with Crippen molar-refractivity contribution >= 4 is 17.9 Å². The fourth-order valence-electron chi connectivity index (χ4n) is 2.16. The quantitative estimate of drug-likeness (QED) is 0.756. The Morgan fingerprint density at radius 2 is 1.80 bits per heavy atom. The highest BCUT2D eigenvalue weighted by Crippen LogP contribution is 2.25. The van der Waals surface area contributed by atoms with Crippen LogP contribution < -0.4 is 20.5 Å². The molecule has 3 N–H and O–H groups in total. The lowest BCUT2D eigenvalue weighted by Gasteiger charge is -2.07. The molecule has 0 saturated heterocycles. The van der Waals surface area contributed by atoms with Gasteiger partial charge in [-0.1, -0.05) is 12.1 Å². The fraction of sp³-hybridized carbons (Fsp3) is 0.158. The molecule has 0 radical (unpaired) electrons. The molecular formula is C19H20N2O4. The zero-order chi connectivity index (χ0) is 18.2. The van der Waals surface area contributed by atoms with Crippen LogP contribution in [-0.2, 0) is 11.3 Å². The van der Waals surface area contributed by atoms with E-state index in [1.165, 1.54) is 6.08 Å².